The highest BCUT2D eigenvalue weighted by molar-refractivity contribution is 5.76. The van der Waals surface area contributed by atoms with Gasteiger partial charge in [-0.2, -0.15) is 0 Å². The SMILES string of the molecule is CC(CN(C)Cc1cccc2nonc12)CN1CCCC1. The molecule has 2 aromatic rings. The number of fused-ring (bicyclic) bond motifs is 1. The van der Waals surface area contributed by atoms with Gasteiger partial charge in [0, 0.05) is 19.6 Å². The monoisotopic (exact) mass is 288 g/mol. The van der Waals surface area contributed by atoms with Gasteiger partial charge in [0.25, 0.3) is 0 Å². The summed E-state index contributed by atoms with van der Waals surface area (Å²) in [5, 5.41) is 7.92. The molecule has 3 rings (SSSR count). The maximum Gasteiger partial charge on any atom is 0.139 e. The van der Waals surface area contributed by atoms with Crippen molar-refractivity contribution in [3.63, 3.8) is 0 Å². The lowest BCUT2D eigenvalue weighted by Gasteiger charge is -2.25. The van der Waals surface area contributed by atoms with Crippen LogP contribution in [0.5, 0.6) is 0 Å². The van der Waals surface area contributed by atoms with Gasteiger partial charge in [-0.25, -0.2) is 4.63 Å². The molecule has 0 N–H and O–H groups in total. The molecule has 2 heterocycles. The van der Waals surface area contributed by atoms with Crippen LogP contribution < -0.4 is 0 Å². The molecular weight excluding hydrogens is 264 g/mol. The van der Waals surface area contributed by atoms with Gasteiger partial charge in [0.15, 0.2) is 0 Å². The molecule has 5 heteroatoms. The fourth-order valence-electron chi connectivity index (χ4n) is 3.34. The number of aromatic nitrogens is 2. The molecule has 0 bridgehead atoms. The van der Waals surface area contributed by atoms with Gasteiger partial charge in [-0.3, -0.25) is 0 Å². The summed E-state index contributed by atoms with van der Waals surface area (Å²) in [6, 6.07) is 6.06. The molecule has 1 aromatic carbocycles. The zero-order valence-electron chi connectivity index (χ0n) is 13.0. The van der Waals surface area contributed by atoms with E-state index in [2.05, 4.69) is 40.2 Å². The standard InChI is InChI=1S/C16H24N4O/c1-13(11-20-8-3-4-9-20)10-19(2)12-14-6-5-7-15-16(14)18-21-17-15/h5-7,13H,3-4,8-12H2,1-2H3. The lowest BCUT2D eigenvalue weighted by molar-refractivity contribution is 0.221. The van der Waals surface area contributed by atoms with Crippen LogP contribution in [0.25, 0.3) is 11.0 Å². The molecule has 1 unspecified atom stereocenters. The predicted molar refractivity (Wildman–Crippen MR) is 83.0 cm³/mol. The van der Waals surface area contributed by atoms with Crippen molar-refractivity contribution in [1.29, 1.82) is 0 Å². The largest absolute Gasteiger partial charge is 0.303 e. The zero-order valence-corrected chi connectivity index (χ0v) is 13.0. The first-order valence-electron chi connectivity index (χ1n) is 7.83. The lowest BCUT2D eigenvalue weighted by atomic mass is 10.1. The minimum Gasteiger partial charge on any atom is -0.303 e. The van der Waals surface area contributed by atoms with Crippen LogP contribution in [0, 0.1) is 5.92 Å². The van der Waals surface area contributed by atoms with Gasteiger partial charge in [0.05, 0.1) is 0 Å². The second kappa shape index (κ2) is 6.54. The van der Waals surface area contributed by atoms with E-state index in [4.69, 9.17) is 4.63 Å². The molecule has 1 atom stereocenters. The summed E-state index contributed by atoms with van der Waals surface area (Å²) in [5.41, 5.74) is 2.91. The van der Waals surface area contributed by atoms with Crippen LogP contribution in [-0.4, -0.2) is 53.3 Å². The average molecular weight is 288 g/mol. The zero-order chi connectivity index (χ0) is 14.7. The van der Waals surface area contributed by atoms with Gasteiger partial charge in [-0.05, 0) is 60.8 Å². The molecular formula is C16H24N4O. The van der Waals surface area contributed by atoms with Crippen molar-refractivity contribution in [3.8, 4) is 0 Å². The van der Waals surface area contributed by atoms with Crippen molar-refractivity contribution in [2.45, 2.75) is 26.3 Å². The number of nitrogens with zero attached hydrogens (tertiary/aromatic N) is 4. The topological polar surface area (TPSA) is 45.4 Å². The molecule has 1 fully saturated rings. The Hall–Kier alpha value is -1.46. The summed E-state index contributed by atoms with van der Waals surface area (Å²) in [6.45, 7) is 8.08. The third-order valence-corrected chi connectivity index (χ3v) is 4.20. The van der Waals surface area contributed by atoms with E-state index < -0.39 is 0 Å². The Balaban J connectivity index is 1.55. The third kappa shape index (κ3) is 3.60. The van der Waals surface area contributed by atoms with Crippen molar-refractivity contribution >= 4 is 11.0 Å². The van der Waals surface area contributed by atoms with Gasteiger partial charge in [-0.15, -0.1) is 0 Å². The fourth-order valence-corrected chi connectivity index (χ4v) is 3.34. The van der Waals surface area contributed by atoms with E-state index in [1.807, 2.05) is 12.1 Å². The van der Waals surface area contributed by atoms with E-state index in [9.17, 15) is 0 Å². The smallest absolute Gasteiger partial charge is 0.139 e. The van der Waals surface area contributed by atoms with Gasteiger partial charge in [0.1, 0.15) is 11.0 Å². The Morgan fingerprint density at radius 3 is 2.90 bits per heavy atom. The van der Waals surface area contributed by atoms with Crippen molar-refractivity contribution in [2.24, 2.45) is 5.92 Å². The van der Waals surface area contributed by atoms with Crippen molar-refractivity contribution in [2.75, 3.05) is 33.2 Å². The van der Waals surface area contributed by atoms with E-state index in [0.717, 1.165) is 24.1 Å². The Morgan fingerprint density at radius 2 is 2.10 bits per heavy atom. The quantitative estimate of drug-likeness (QED) is 0.816. The average Bonchev–Trinajstić information content (AvgIpc) is 3.09. The molecule has 0 amide bonds. The Morgan fingerprint density at radius 1 is 1.29 bits per heavy atom. The number of hydrogen-bond donors (Lipinski definition) is 0. The summed E-state index contributed by atoms with van der Waals surface area (Å²) >= 11 is 0. The minimum absolute atomic E-state index is 0.683. The van der Waals surface area contributed by atoms with Crippen LogP contribution >= 0.6 is 0 Å². The van der Waals surface area contributed by atoms with Crippen molar-refractivity contribution in [1.82, 2.24) is 20.1 Å². The van der Waals surface area contributed by atoms with E-state index in [-0.39, 0.29) is 0 Å². The second-order valence-corrected chi connectivity index (χ2v) is 6.36. The maximum atomic E-state index is 4.83. The first-order valence-corrected chi connectivity index (χ1v) is 7.83. The first kappa shape index (κ1) is 14.5. The highest BCUT2D eigenvalue weighted by Gasteiger charge is 2.16. The van der Waals surface area contributed by atoms with Crippen LogP contribution in [0.3, 0.4) is 0 Å². The highest BCUT2D eigenvalue weighted by atomic mass is 16.6. The van der Waals surface area contributed by atoms with Gasteiger partial charge in [0.2, 0.25) is 0 Å². The number of likely N-dealkylation sites (tertiary alicyclic amines) is 1. The van der Waals surface area contributed by atoms with Crippen LogP contribution in [0.15, 0.2) is 22.8 Å². The fraction of sp³-hybridized carbons (Fsp3) is 0.625. The van der Waals surface area contributed by atoms with E-state index in [0.29, 0.717) is 5.92 Å². The molecule has 21 heavy (non-hydrogen) atoms. The summed E-state index contributed by atoms with van der Waals surface area (Å²) in [5.74, 6) is 0.683. The minimum atomic E-state index is 0.683. The molecule has 1 saturated heterocycles. The van der Waals surface area contributed by atoms with Crippen LogP contribution in [0.1, 0.15) is 25.3 Å². The van der Waals surface area contributed by atoms with Crippen molar-refractivity contribution < 1.29 is 4.63 Å². The Labute approximate surface area is 125 Å². The first-order chi connectivity index (χ1) is 10.2. The molecule has 0 aliphatic carbocycles. The van der Waals surface area contributed by atoms with Crippen LogP contribution in [0.2, 0.25) is 0 Å². The van der Waals surface area contributed by atoms with Crippen molar-refractivity contribution in [3.05, 3.63) is 23.8 Å². The molecule has 1 aromatic heterocycles. The summed E-state index contributed by atoms with van der Waals surface area (Å²) in [6.07, 6.45) is 2.73. The second-order valence-electron chi connectivity index (χ2n) is 6.36. The number of benzene rings is 1. The Bertz CT molecular complexity index is 576. The molecule has 0 radical (unpaired) electrons. The van der Waals surface area contributed by atoms with Gasteiger partial charge < -0.3 is 9.80 Å². The van der Waals surface area contributed by atoms with Gasteiger partial charge >= 0.3 is 0 Å². The number of hydrogen-bond acceptors (Lipinski definition) is 5. The summed E-state index contributed by atoms with van der Waals surface area (Å²) in [7, 11) is 2.17. The normalized spacial score (nSPS) is 17.9. The van der Waals surface area contributed by atoms with Crippen LogP contribution in [0.4, 0.5) is 0 Å². The van der Waals surface area contributed by atoms with Gasteiger partial charge in [-0.1, -0.05) is 19.1 Å². The van der Waals surface area contributed by atoms with Crippen LogP contribution in [-0.2, 0) is 6.54 Å². The van der Waals surface area contributed by atoms with E-state index >= 15 is 0 Å². The molecule has 0 spiro atoms. The third-order valence-electron chi connectivity index (χ3n) is 4.20. The molecule has 1 aliphatic heterocycles. The predicted octanol–water partition coefficient (Wildman–Crippen LogP) is 2.39. The number of rotatable bonds is 6. The molecule has 1 aliphatic rings. The summed E-state index contributed by atoms with van der Waals surface area (Å²) in [4.78, 5) is 4.95. The van der Waals surface area contributed by atoms with E-state index in [1.165, 1.54) is 38.0 Å². The molecule has 114 valence electrons. The molecule has 0 saturated carbocycles. The highest BCUT2D eigenvalue weighted by Crippen LogP contribution is 2.17. The summed E-state index contributed by atoms with van der Waals surface area (Å²) < 4.78 is 4.83. The Kier molecular flexibility index (Phi) is 4.51. The lowest BCUT2D eigenvalue weighted by Crippen LogP contribution is -2.32. The maximum absolute atomic E-state index is 4.83. The van der Waals surface area contributed by atoms with E-state index in [1.54, 1.807) is 0 Å². The molecule has 5 nitrogen and oxygen atoms in total.